The molecule has 1 atom stereocenters. The summed E-state index contributed by atoms with van der Waals surface area (Å²) in [5.74, 6) is 1.45. The van der Waals surface area contributed by atoms with Crippen molar-refractivity contribution in [3.05, 3.63) is 64.7 Å². The fraction of sp³-hybridized carbons (Fsp3) is 0.440. The molecule has 2 aromatic rings. The fourth-order valence-electron chi connectivity index (χ4n) is 3.75. The summed E-state index contributed by atoms with van der Waals surface area (Å²) >= 11 is 0. The van der Waals surface area contributed by atoms with E-state index in [4.69, 9.17) is 9.47 Å². The van der Waals surface area contributed by atoms with E-state index in [9.17, 15) is 4.79 Å². The first-order valence-electron chi connectivity index (χ1n) is 10.9. The Hall–Kier alpha value is -3.06. The Morgan fingerprint density at radius 3 is 2.78 bits per heavy atom. The third-order valence-corrected chi connectivity index (χ3v) is 5.56. The van der Waals surface area contributed by atoms with E-state index in [0.717, 1.165) is 24.6 Å². The number of rotatable bonds is 6. The smallest absolute Gasteiger partial charge is 0.259 e. The van der Waals surface area contributed by atoms with Crippen LogP contribution >= 0.6 is 0 Å². The van der Waals surface area contributed by atoms with E-state index in [0.29, 0.717) is 18.9 Å². The Morgan fingerprint density at radius 1 is 1.25 bits per heavy atom. The number of aliphatic imine (C=N–C) groups is 1. The van der Waals surface area contributed by atoms with E-state index in [1.807, 2.05) is 24.3 Å². The zero-order valence-electron chi connectivity index (χ0n) is 19.7. The third-order valence-electron chi connectivity index (χ3n) is 5.56. The quantitative estimate of drug-likeness (QED) is 0.555. The second kappa shape index (κ2) is 11.0. The van der Waals surface area contributed by atoms with Gasteiger partial charge in [0.15, 0.2) is 12.6 Å². The van der Waals surface area contributed by atoms with Crippen LogP contribution in [0.3, 0.4) is 0 Å². The van der Waals surface area contributed by atoms with Crippen molar-refractivity contribution in [2.75, 3.05) is 47.4 Å². The Labute approximate surface area is 191 Å². The lowest BCUT2D eigenvalue weighted by molar-refractivity contribution is -0.130. The highest BCUT2D eigenvalue weighted by Crippen LogP contribution is 2.26. The molecule has 1 unspecified atom stereocenters. The van der Waals surface area contributed by atoms with Crippen LogP contribution < -0.4 is 10.1 Å². The molecule has 1 aliphatic heterocycles. The number of amides is 1. The molecule has 1 aliphatic rings. The maximum atomic E-state index is 11.8. The number of benzene rings is 2. The minimum atomic E-state index is -0.0698. The Bertz CT molecular complexity index is 958. The highest BCUT2D eigenvalue weighted by molar-refractivity contribution is 5.80. The van der Waals surface area contributed by atoms with E-state index in [1.54, 1.807) is 21.1 Å². The molecule has 0 aromatic heterocycles. The Kier molecular flexibility index (Phi) is 8.11. The van der Waals surface area contributed by atoms with Crippen LogP contribution in [0.15, 0.2) is 47.5 Å². The first kappa shape index (κ1) is 23.6. The predicted molar refractivity (Wildman–Crippen MR) is 127 cm³/mol. The molecule has 1 fully saturated rings. The number of guanidine groups is 1. The minimum Gasteiger partial charge on any atom is -0.484 e. The van der Waals surface area contributed by atoms with Gasteiger partial charge in [0.05, 0.1) is 13.2 Å². The van der Waals surface area contributed by atoms with Gasteiger partial charge in [-0.15, -0.1) is 0 Å². The zero-order valence-corrected chi connectivity index (χ0v) is 19.7. The summed E-state index contributed by atoms with van der Waals surface area (Å²) in [6.07, 6.45) is 0.0221. The summed E-state index contributed by atoms with van der Waals surface area (Å²) in [5.41, 5.74) is 4.80. The summed E-state index contributed by atoms with van der Waals surface area (Å²) in [4.78, 5) is 20.0. The van der Waals surface area contributed by atoms with E-state index in [1.165, 1.54) is 21.6 Å². The van der Waals surface area contributed by atoms with Crippen LogP contribution in [0.5, 0.6) is 5.75 Å². The number of nitrogens with zero attached hydrogens (tertiary/aromatic N) is 3. The van der Waals surface area contributed by atoms with Crippen molar-refractivity contribution in [3.63, 3.8) is 0 Å². The van der Waals surface area contributed by atoms with Crippen LogP contribution in [-0.2, 0) is 16.1 Å². The van der Waals surface area contributed by atoms with Crippen LogP contribution in [-0.4, -0.2) is 69.1 Å². The molecular formula is C25H34N4O3. The summed E-state index contributed by atoms with van der Waals surface area (Å²) < 4.78 is 11.7. The Morgan fingerprint density at radius 2 is 2.06 bits per heavy atom. The molecule has 0 radical (unpaired) electrons. The predicted octanol–water partition coefficient (Wildman–Crippen LogP) is 2.92. The van der Waals surface area contributed by atoms with Crippen molar-refractivity contribution in [2.45, 2.75) is 26.5 Å². The lowest BCUT2D eigenvalue weighted by Crippen LogP contribution is -2.48. The molecule has 32 heavy (non-hydrogen) atoms. The molecule has 172 valence electrons. The van der Waals surface area contributed by atoms with Crippen LogP contribution in [0, 0.1) is 13.8 Å². The fourth-order valence-corrected chi connectivity index (χ4v) is 3.75. The standard InChI is InChI=1S/C25H34N4O3/c1-18-9-10-22(19(2)13-18)23-16-29(11-12-31-23)25(26-3)27-15-20-7-6-8-21(14-20)32-17-24(30)28(4)5/h6-10,13-14,23H,11-12,15-17H2,1-5H3,(H,26,27). The second-order valence-corrected chi connectivity index (χ2v) is 8.29. The van der Waals surface area contributed by atoms with E-state index in [2.05, 4.69) is 47.3 Å². The largest absolute Gasteiger partial charge is 0.484 e. The number of likely N-dealkylation sites (N-methyl/N-ethyl adjacent to an activating group) is 1. The zero-order chi connectivity index (χ0) is 23.1. The molecule has 0 aliphatic carbocycles. The lowest BCUT2D eigenvalue weighted by Gasteiger charge is -2.36. The summed E-state index contributed by atoms with van der Waals surface area (Å²) in [7, 11) is 5.23. The summed E-state index contributed by atoms with van der Waals surface area (Å²) in [6.45, 7) is 7.07. The number of nitrogens with one attached hydrogen (secondary N) is 1. The molecule has 0 bridgehead atoms. The topological polar surface area (TPSA) is 66.4 Å². The van der Waals surface area contributed by atoms with Gasteiger partial charge < -0.3 is 24.6 Å². The van der Waals surface area contributed by atoms with E-state index in [-0.39, 0.29) is 18.6 Å². The van der Waals surface area contributed by atoms with Crippen LogP contribution in [0.1, 0.15) is 28.4 Å². The number of hydrogen-bond donors (Lipinski definition) is 1. The first-order chi connectivity index (χ1) is 15.4. The van der Waals surface area contributed by atoms with Gasteiger partial charge in [-0.3, -0.25) is 9.79 Å². The number of carbonyl (C=O) groups is 1. The lowest BCUT2D eigenvalue weighted by atomic mass is 10.00. The molecule has 2 aromatic carbocycles. The normalized spacial score (nSPS) is 16.6. The molecular weight excluding hydrogens is 404 g/mol. The van der Waals surface area contributed by atoms with Crippen LogP contribution in [0.4, 0.5) is 0 Å². The number of aryl methyl sites for hydroxylation is 2. The van der Waals surface area contributed by atoms with Crippen molar-refractivity contribution in [2.24, 2.45) is 4.99 Å². The van der Waals surface area contributed by atoms with Crippen molar-refractivity contribution < 1.29 is 14.3 Å². The summed E-state index contributed by atoms with van der Waals surface area (Å²) in [6, 6.07) is 14.3. The first-order valence-corrected chi connectivity index (χ1v) is 10.9. The molecule has 1 amide bonds. The number of hydrogen-bond acceptors (Lipinski definition) is 4. The molecule has 3 rings (SSSR count). The van der Waals surface area contributed by atoms with Gasteiger partial charge in [0.2, 0.25) is 0 Å². The third kappa shape index (κ3) is 6.23. The molecule has 7 nitrogen and oxygen atoms in total. The van der Waals surface area contributed by atoms with Crippen LogP contribution in [0.2, 0.25) is 0 Å². The van der Waals surface area contributed by atoms with Crippen molar-refractivity contribution >= 4 is 11.9 Å². The number of carbonyl (C=O) groups excluding carboxylic acids is 1. The van der Waals surface area contributed by atoms with Gasteiger partial charge in [0.25, 0.3) is 5.91 Å². The SMILES string of the molecule is CN=C(NCc1cccc(OCC(=O)N(C)C)c1)N1CCOC(c2ccc(C)cc2C)C1. The number of morpholine rings is 1. The maximum Gasteiger partial charge on any atom is 0.259 e. The maximum absolute atomic E-state index is 11.8. The molecule has 0 spiro atoms. The average molecular weight is 439 g/mol. The van der Waals surface area contributed by atoms with Gasteiger partial charge in [-0.05, 0) is 42.7 Å². The Balaban J connectivity index is 1.59. The van der Waals surface area contributed by atoms with Crippen LogP contribution in [0.25, 0.3) is 0 Å². The second-order valence-electron chi connectivity index (χ2n) is 8.29. The van der Waals surface area contributed by atoms with E-state index < -0.39 is 0 Å². The van der Waals surface area contributed by atoms with Gasteiger partial charge in [-0.1, -0.05) is 35.9 Å². The van der Waals surface area contributed by atoms with E-state index >= 15 is 0 Å². The van der Waals surface area contributed by atoms with Gasteiger partial charge in [0.1, 0.15) is 11.9 Å². The van der Waals surface area contributed by atoms with Gasteiger partial charge in [-0.25, -0.2) is 0 Å². The molecule has 0 saturated carbocycles. The van der Waals surface area contributed by atoms with Gasteiger partial charge in [0, 0.05) is 34.2 Å². The van der Waals surface area contributed by atoms with Crippen molar-refractivity contribution in [3.8, 4) is 5.75 Å². The minimum absolute atomic E-state index is 0.0221. The van der Waals surface area contributed by atoms with Gasteiger partial charge in [-0.2, -0.15) is 0 Å². The molecule has 7 heteroatoms. The molecule has 1 N–H and O–H groups in total. The van der Waals surface area contributed by atoms with Crippen molar-refractivity contribution in [1.29, 1.82) is 0 Å². The van der Waals surface area contributed by atoms with Crippen molar-refractivity contribution in [1.82, 2.24) is 15.1 Å². The monoisotopic (exact) mass is 438 g/mol. The molecule has 1 saturated heterocycles. The average Bonchev–Trinajstić information content (AvgIpc) is 2.78. The van der Waals surface area contributed by atoms with Gasteiger partial charge >= 0.3 is 0 Å². The number of ether oxygens (including phenoxy) is 2. The summed E-state index contributed by atoms with van der Waals surface area (Å²) in [5, 5.41) is 3.45. The molecule has 1 heterocycles. The highest BCUT2D eigenvalue weighted by atomic mass is 16.5. The highest BCUT2D eigenvalue weighted by Gasteiger charge is 2.25.